The van der Waals surface area contributed by atoms with Crippen molar-refractivity contribution in [2.75, 3.05) is 5.32 Å². The Hall–Kier alpha value is -3.26. The van der Waals surface area contributed by atoms with Gasteiger partial charge in [-0.2, -0.15) is 5.10 Å². The first kappa shape index (κ1) is 17.8. The number of carbonyl (C=O) groups excluding carboxylic acids is 1. The summed E-state index contributed by atoms with van der Waals surface area (Å²) in [6.45, 7) is 3.08. The highest BCUT2D eigenvalue weighted by molar-refractivity contribution is 7.20. The minimum absolute atomic E-state index is 0.0376. The number of fused-ring (bicyclic) bond motifs is 2. The first-order valence-electron chi connectivity index (χ1n) is 9.51. The number of anilines is 1. The highest BCUT2D eigenvalue weighted by Crippen LogP contribution is 2.29. The molecule has 0 fully saturated rings. The molecule has 1 aliphatic heterocycles. The van der Waals surface area contributed by atoms with E-state index < -0.39 is 0 Å². The molecule has 0 bridgehead atoms. The van der Waals surface area contributed by atoms with Crippen LogP contribution >= 0.6 is 11.3 Å². The maximum Gasteiger partial charge on any atom is 0.267 e. The van der Waals surface area contributed by atoms with E-state index in [-0.39, 0.29) is 11.5 Å². The van der Waals surface area contributed by atoms with Crippen molar-refractivity contribution in [3.63, 3.8) is 0 Å². The molecule has 29 heavy (non-hydrogen) atoms. The van der Waals surface area contributed by atoms with Crippen molar-refractivity contribution in [1.82, 2.24) is 19.3 Å². The third kappa shape index (κ3) is 3.05. The number of nitrogens with zero attached hydrogens (tertiary/aromatic N) is 4. The average molecular weight is 405 g/mol. The van der Waals surface area contributed by atoms with Crippen LogP contribution in [0.25, 0.3) is 10.2 Å². The van der Waals surface area contributed by atoms with E-state index >= 15 is 0 Å². The zero-order valence-electron chi connectivity index (χ0n) is 15.9. The molecule has 3 aromatic heterocycles. The van der Waals surface area contributed by atoms with Gasteiger partial charge in [-0.15, -0.1) is 11.3 Å². The van der Waals surface area contributed by atoms with E-state index in [2.05, 4.69) is 15.4 Å². The van der Waals surface area contributed by atoms with E-state index in [0.29, 0.717) is 39.6 Å². The number of thiophene rings is 1. The summed E-state index contributed by atoms with van der Waals surface area (Å²) in [6.07, 6.45) is 3.41. The van der Waals surface area contributed by atoms with Crippen LogP contribution in [-0.4, -0.2) is 25.2 Å². The molecule has 1 aromatic carbocycles. The molecule has 0 radical (unpaired) electrons. The van der Waals surface area contributed by atoms with Crippen LogP contribution in [-0.2, 0) is 19.5 Å². The summed E-state index contributed by atoms with van der Waals surface area (Å²) in [4.78, 5) is 31.6. The number of carbonyl (C=O) groups is 1. The van der Waals surface area contributed by atoms with Crippen LogP contribution in [0.3, 0.4) is 0 Å². The fourth-order valence-corrected chi connectivity index (χ4v) is 4.87. The van der Waals surface area contributed by atoms with Crippen LogP contribution in [0.15, 0.2) is 47.4 Å². The van der Waals surface area contributed by atoms with Crippen molar-refractivity contribution < 1.29 is 4.79 Å². The molecule has 8 heteroatoms. The van der Waals surface area contributed by atoms with Gasteiger partial charge in [-0.05, 0) is 24.5 Å². The van der Waals surface area contributed by atoms with E-state index in [1.165, 1.54) is 11.3 Å². The van der Waals surface area contributed by atoms with E-state index in [1.807, 2.05) is 37.3 Å². The van der Waals surface area contributed by atoms with Crippen molar-refractivity contribution in [2.24, 2.45) is 0 Å². The lowest BCUT2D eigenvalue weighted by atomic mass is 10.2. The fourth-order valence-electron chi connectivity index (χ4n) is 3.79. The second-order valence-electron chi connectivity index (χ2n) is 7.14. The van der Waals surface area contributed by atoms with Gasteiger partial charge in [0.05, 0.1) is 23.0 Å². The zero-order chi connectivity index (χ0) is 20.0. The summed E-state index contributed by atoms with van der Waals surface area (Å²) in [5.74, 6) is 1.18. The number of aryl methyl sites for hydroxylation is 2. The Balaban J connectivity index is 1.46. The molecule has 1 aliphatic rings. The molecule has 146 valence electrons. The molecule has 0 spiro atoms. The molecular weight excluding hydrogens is 386 g/mol. The van der Waals surface area contributed by atoms with Crippen LogP contribution in [0.2, 0.25) is 0 Å². The van der Waals surface area contributed by atoms with E-state index in [1.54, 1.807) is 21.5 Å². The molecule has 1 amide bonds. The minimum Gasteiger partial charge on any atom is -0.306 e. The first-order valence-corrected chi connectivity index (χ1v) is 10.3. The normalized spacial score (nSPS) is 13.0. The number of amides is 1. The van der Waals surface area contributed by atoms with Gasteiger partial charge in [0.15, 0.2) is 0 Å². The van der Waals surface area contributed by atoms with E-state index in [9.17, 15) is 9.59 Å². The number of hydrogen-bond donors (Lipinski definition) is 1. The Morgan fingerprint density at radius 2 is 2.07 bits per heavy atom. The SMILES string of the molecule is Cc1c(C(=O)Nc2ccnn2Cc2ccccc2)sc2nc3n(c(=O)c12)CCC3. The second kappa shape index (κ2) is 6.97. The summed E-state index contributed by atoms with van der Waals surface area (Å²) >= 11 is 1.28. The van der Waals surface area contributed by atoms with Gasteiger partial charge in [-0.1, -0.05) is 30.3 Å². The lowest BCUT2D eigenvalue weighted by molar-refractivity contribution is 0.102. The van der Waals surface area contributed by atoms with Gasteiger partial charge in [0.2, 0.25) is 0 Å². The molecule has 1 N–H and O–H groups in total. The number of aromatic nitrogens is 4. The molecule has 4 aromatic rings. The minimum atomic E-state index is -0.245. The molecule has 7 nitrogen and oxygen atoms in total. The van der Waals surface area contributed by atoms with Crippen molar-refractivity contribution in [2.45, 2.75) is 32.9 Å². The standard InChI is InChI=1S/C21H19N5O2S/c1-13-17-20(24-15-8-5-11-25(15)21(17)28)29-18(13)19(27)23-16-9-10-22-26(16)12-14-6-3-2-4-7-14/h2-4,6-7,9-10H,5,8,11-12H2,1H3,(H,23,27). The second-order valence-corrected chi connectivity index (χ2v) is 8.14. The molecule has 0 saturated carbocycles. The first-order chi connectivity index (χ1) is 14.1. The number of nitrogens with one attached hydrogen (secondary N) is 1. The van der Waals surface area contributed by atoms with Crippen LogP contribution in [0, 0.1) is 6.92 Å². The largest absolute Gasteiger partial charge is 0.306 e. The molecule has 0 aliphatic carbocycles. The number of hydrogen-bond acceptors (Lipinski definition) is 5. The lowest BCUT2D eigenvalue weighted by Crippen LogP contribution is -2.21. The van der Waals surface area contributed by atoms with Crippen molar-refractivity contribution in [1.29, 1.82) is 0 Å². The third-order valence-corrected chi connectivity index (χ3v) is 6.44. The predicted octanol–water partition coefficient (Wildman–Crippen LogP) is 3.21. The van der Waals surface area contributed by atoms with Gasteiger partial charge in [-0.3, -0.25) is 14.2 Å². The highest BCUT2D eigenvalue weighted by Gasteiger charge is 2.23. The van der Waals surface area contributed by atoms with Crippen molar-refractivity contribution >= 4 is 33.3 Å². The Labute approximate surface area is 170 Å². The van der Waals surface area contributed by atoms with Gasteiger partial charge in [0.1, 0.15) is 16.5 Å². The fraction of sp³-hybridized carbons (Fsp3) is 0.238. The monoisotopic (exact) mass is 405 g/mol. The third-order valence-electron chi connectivity index (χ3n) is 5.25. The maximum atomic E-state index is 13.0. The highest BCUT2D eigenvalue weighted by atomic mass is 32.1. The van der Waals surface area contributed by atoms with Crippen LogP contribution in [0.1, 0.15) is 33.0 Å². The molecule has 4 heterocycles. The van der Waals surface area contributed by atoms with Crippen LogP contribution in [0.4, 0.5) is 5.82 Å². The molecule has 0 unspecified atom stereocenters. The summed E-state index contributed by atoms with van der Waals surface area (Å²) in [7, 11) is 0. The van der Waals surface area contributed by atoms with E-state index in [0.717, 1.165) is 24.2 Å². The van der Waals surface area contributed by atoms with Crippen molar-refractivity contribution in [3.8, 4) is 0 Å². The summed E-state index contributed by atoms with van der Waals surface area (Å²) in [6, 6.07) is 11.7. The predicted molar refractivity (Wildman–Crippen MR) is 113 cm³/mol. The Bertz CT molecular complexity index is 1290. The van der Waals surface area contributed by atoms with Gasteiger partial charge in [-0.25, -0.2) is 9.67 Å². The maximum absolute atomic E-state index is 13.0. The van der Waals surface area contributed by atoms with Crippen LogP contribution < -0.4 is 10.9 Å². The zero-order valence-corrected chi connectivity index (χ0v) is 16.7. The summed E-state index contributed by atoms with van der Waals surface area (Å²) < 4.78 is 3.48. The molecule has 5 rings (SSSR count). The Kier molecular flexibility index (Phi) is 4.28. The molecule has 0 atom stereocenters. The van der Waals surface area contributed by atoms with Crippen molar-refractivity contribution in [3.05, 3.63) is 74.8 Å². The van der Waals surface area contributed by atoms with Gasteiger partial charge >= 0.3 is 0 Å². The smallest absolute Gasteiger partial charge is 0.267 e. The van der Waals surface area contributed by atoms with Crippen LogP contribution in [0.5, 0.6) is 0 Å². The quantitative estimate of drug-likeness (QED) is 0.565. The average Bonchev–Trinajstić information content (AvgIpc) is 3.43. The van der Waals surface area contributed by atoms with E-state index in [4.69, 9.17) is 0 Å². The molecular formula is C21H19N5O2S. The lowest BCUT2D eigenvalue weighted by Gasteiger charge is -2.09. The summed E-state index contributed by atoms with van der Waals surface area (Å²) in [5, 5.41) is 7.82. The molecule has 0 saturated heterocycles. The topological polar surface area (TPSA) is 81.8 Å². The Morgan fingerprint density at radius 3 is 2.90 bits per heavy atom. The summed E-state index contributed by atoms with van der Waals surface area (Å²) in [5.41, 5.74) is 1.75. The van der Waals surface area contributed by atoms with Gasteiger partial charge in [0.25, 0.3) is 11.5 Å². The van der Waals surface area contributed by atoms with Gasteiger partial charge < -0.3 is 5.32 Å². The Morgan fingerprint density at radius 1 is 1.24 bits per heavy atom. The number of rotatable bonds is 4. The van der Waals surface area contributed by atoms with Gasteiger partial charge in [0, 0.05) is 19.0 Å². The number of benzene rings is 1.